The molecule has 3 amide bonds. The molecule has 2 N–H and O–H groups in total. The molecule has 1 aliphatic heterocycles. The lowest BCUT2D eigenvalue weighted by molar-refractivity contribution is -0.129. The van der Waals surface area contributed by atoms with Crippen LogP contribution in [0.5, 0.6) is 0 Å². The van der Waals surface area contributed by atoms with Crippen molar-refractivity contribution < 1.29 is 23.9 Å². The lowest BCUT2D eigenvalue weighted by Crippen LogP contribution is -2.34. The molecule has 38 heavy (non-hydrogen) atoms. The number of amides is 3. The maximum absolute atomic E-state index is 13.8. The van der Waals surface area contributed by atoms with E-state index in [0.717, 1.165) is 20.9 Å². The number of esters is 1. The maximum atomic E-state index is 13.8. The SMILES string of the molecule is CCOC(=O)c1c(NC(=O)C(Sc2cccc(NC(C)=O)c2)c2ccccc2)sc2c1CCN(C(C)=O)C2. The van der Waals surface area contributed by atoms with E-state index in [1.54, 1.807) is 17.9 Å². The molecule has 3 aromatic rings. The molecule has 2 aromatic carbocycles. The number of benzene rings is 2. The van der Waals surface area contributed by atoms with Crippen LogP contribution in [0.1, 0.15) is 52.4 Å². The van der Waals surface area contributed by atoms with Gasteiger partial charge in [-0.25, -0.2) is 4.79 Å². The number of thiophene rings is 1. The zero-order valence-corrected chi connectivity index (χ0v) is 23.0. The van der Waals surface area contributed by atoms with Gasteiger partial charge >= 0.3 is 5.97 Å². The predicted octanol–water partition coefficient (Wildman–Crippen LogP) is 5.26. The zero-order valence-electron chi connectivity index (χ0n) is 21.4. The number of nitrogens with one attached hydrogen (secondary N) is 2. The third-order valence-corrected chi connectivity index (χ3v) is 8.35. The highest BCUT2D eigenvalue weighted by Gasteiger charge is 2.32. The number of anilines is 2. The number of fused-ring (bicyclic) bond motifs is 1. The fraction of sp³-hybridized carbons (Fsp3) is 0.286. The van der Waals surface area contributed by atoms with E-state index in [1.165, 1.54) is 36.9 Å². The molecule has 0 saturated carbocycles. The minimum absolute atomic E-state index is 0.0330. The van der Waals surface area contributed by atoms with Gasteiger partial charge in [-0.05, 0) is 42.7 Å². The highest BCUT2D eigenvalue weighted by Crippen LogP contribution is 2.41. The zero-order chi connectivity index (χ0) is 27.2. The van der Waals surface area contributed by atoms with Crippen LogP contribution in [0.3, 0.4) is 0 Å². The lowest BCUT2D eigenvalue weighted by atomic mass is 10.0. The second-order valence-corrected chi connectivity index (χ2v) is 11.0. The summed E-state index contributed by atoms with van der Waals surface area (Å²) in [7, 11) is 0. The minimum atomic E-state index is -0.633. The second kappa shape index (κ2) is 12.3. The van der Waals surface area contributed by atoms with E-state index in [1.807, 2.05) is 48.5 Å². The minimum Gasteiger partial charge on any atom is -0.462 e. The Labute approximate surface area is 229 Å². The molecule has 2 heterocycles. The van der Waals surface area contributed by atoms with Gasteiger partial charge in [-0.3, -0.25) is 14.4 Å². The van der Waals surface area contributed by atoms with Crippen LogP contribution in [-0.4, -0.2) is 41.7 Å². The van der Waals surface area contributed by atoms with E-state index < -0.39 is 11.2 Å². The molecule has 10 heteroatoms. The Kier molecular flexibility index (Phi) is 8.85. The Hall–Kier alpha value is -3.63. The molecule has 198 valence electrons. The van der Waals surface area contributed by atoms with Crippen LogP contribution in [-0.2, 0) is 32.1 Å². The standard InChI is InChI=1S/C28H29N3O5S2/c1-4-36-28(35)24-22-13-14-31(18(3)33)16-23(22)38-27(24)30-26(34)25(19-9-6-5-7-10-19)37-21-12-8-11-20(15-21)29-17(2)32/h5-12,15,25H,4,13-14,16H2,1-3H3,(H,29,32)(H,30,34). The molecule has 0 radical (unpaired) electrons. The average Bonchev–Trinajstić information content (AvgIpc) is 3.24. The number of thioether (sulfide) groups is 1. The van der Waals surface area contributed by atoms with Crippen LogP contribution < -0.4 is 10.6 Å². The van der Waals surface area contributed by atoms with Crippen LogP contribution in [0.25, 0.3) is 0 Å². The van der Waals surface area contributed by atoms with Gasteiger partial charge in [0.05, 0.1) is 18.7 Å². The van der Waals surface area contributed by atoms with Gasteiger partial charge < -0.3 is 20.3 Å². The molecular formula is C28H29N3O5S2. The quantitative estimate of drug-likeness (QED) is 0.292. The normalized spacial score (nSPS) is 13.3. The summed E-state index contributed by atoms with van der Waals surface area (Å²) in [6.45, 7) is 5.82. The Morgan fingerprint density at radius 1 is 1.05 bits per heavy atom. The van der Waals surface area contributed by atoms with Crippen molar-refractivity contribution in [1.29, 1.82) is 0 Å². The van der Waals surface area contributed by atoms with Gasteiger partial charge in [0, 0.05) is 35.9 Å². The second-order valence-electron chi connectivity index (χ2n) is 8.73. The first kappa shape index (κ1) is 27.4. The molecule has 0 aliphatic carbocycles. The summed E-state index contributed by atoms with van der Waals surface area (Å²) in [5.41, 5.74) is 2.63. The Morgan fingerprint density at radius 3 is 2.50 bits per heavy atom. The van der Waals surface area contributed by atoms with E-state index in [0.29, 0.717) is 35.8 Å². The molecule has 1 aliphatic rings. The highest BCUT2D eigenvalue weighted by molar-refractivity contribution is 8.00. The van der Waals surface area contributed by atoms with Crippen LogP contribution >= 0.6 is 23.1 Å². The van der Waals surface area contributed by atoms with E-state index >= 15 is 0 Å². The Balaban J connectivity index is 1.66. The summed E-state index contributed by atoms with van der Waals surface area (Å²) in [5, 5.41) is 5.56. The van der Waals surface area contributed by atoms with Crippen molar-refractivity contribution in [2.75, 3.05) is 23.8 Å². The van der Waals surface area contributed by atoms with Crippen LogP contribution in [0, 0.1) is 0 Å². The summed E-state index contributed by atoms with van der Waals surface area (Å²) in [6, 6.07) is 16.7. The van der Waals surface area contributed by atoms with Crippen molar-refractivity contribution in [3.05, 3.63) is 76.2 Å². The third kappa shape index (κ3) is 6.43. The molecule has 0 fully saturated rings. The number of ether oxygens (including phenoxy) is 1. The molecule has 0 spiro atoms. The Bertz CT molecular complexity index is 1360. The first-order valence-corrected chi connectivity index (χ1v) is 13.9. The number of rotatable bonds is 8. The smallest absolute Gasteiger partial charge is 0.341 e. The van der Waals surface area contributed by atoms with Crippen molar-refractivity contribution in [2.45, 2.75) is 43.9 Å². The van der Waals surface area contributed by atoms with Crippen molar-refractivity contribution in [3.63, 3.8) is 0 Å². The third-order valence-electron chi connectivity index (χ3n) is 5.97. The molecule has 1 aromatic heterocycles. The largest absolute Gasteiger partial charge is 0.462 e. The lowest BCUT2D eigenvalue weighted by Gasteiger charge is -2.25. The van der Waals surface area contributed by atoms with Gasteiger partial charge in [0.2, 0.25) is 17.7 Å². The van der Waals surface area contributed by atoms with Crippen molar-refractivity contribution in [3.8, 4) is 0 Å². The summed E-state index contributed by atoms with van der Waals surface area (Å²) in [4.78, 5) is 53.6. The summed E-state index contributed by atoms with van der Waals surface area (Å²) >= 11 is 2.66. The summed E-state index contributed by atoms with van der Waals surface area (Å²) in [6.07, 6.45) is 0.516. The van der Waals surface area contributed by atoms with Gasteiger partial charge in [0.1, 0.15) is 10.3 Å². The van der Waals surface area contributed by atoms with Crippen LogP contribution in [0.15, 0.2) is 59.5 Å². The predicted molar refractivity (Wildman–Crippen MR) is 149 cm³/mol. The van der Waals surface area contributed by atoms with Gasteiger partial charge in [-0.1, -0.05) is 36.4 Å². The van der Waals surface area contributed by atoms with Crippen molar-refractivity contribution in [1.82, 2.24) is 4.90 Å². The summed E-state index contributed by atoms with van der Waals surface area (Å²) in [5.74, 6) is -0.988. The number of hydrogen-bond acceptors (Lipinski definition) is 7. The molecule has 1 atom stereocenters. The molecule has 0 saturated heterocycles. The molecule has 8 nitrogen and oxygen atoms in total. The van der Waals surface area contributed by atoms with E-state index in [2.05, 4.69) is 10.6 Å². The first-order chi connectivity index (χ1) is 18.3. The summed E-state index contributed by atoms with van der Waals surface area (Å²) < 4.78 is 5.33. The number of hydrogen-bond donors (Lipinski definition) is 2. The van der Waals surface area contributed by atoms with E-state index in [-0.39, 0.29) is 24.3 Å². The van der Waals surface area contributed by atoms with Gasteiger partial charge in [-0.2, -0.15) is 0 Å². The monoisotopic (exact) mass is 551 g/mol. The van der Waals surface area contributed by atoms with E-state index in [4.69, 9.17) is 4.74 Å². The van der Waals surface area contributed by atoms with E-state index in [9.17, 15) is 19.2 Å². The van der Waals surface area contributed by atoms with Crippen molar-refractivity contribution >= 4 is 57.5 Å². The number of carbonyl (C=O) groups is 4. The number of carbonyl (C=O) groups excluding carboxylic acids is 4. The fourth-order valence-electron chi connectivity index (χ4n) is 4.24. The molecule has 1 unspecified atom stereocenters. The van der Waals surface area contributed by atoms with Gasteiger partial charge in [0.25, 0.3) is 0 Å². The average molecular weight is 552 g/mol. The molecular weight excluding hydrogens is 522 g/mol. The Morgan fingerprint density at radius 2 is 1.82 bits per heavy atom. The van der Waals surface area contributed by atoms with Gasteiger partial charge in [-0.15, -0.1) is 23.1 Å². The number of nitrogens with zero attached hydrogens (tertiary/aromatic N) is 1. The molecule has 0 bridgehead atoms. The van der Waals surface area contributed by atoms with Crippen molar-refractivity contribution in [2.24, 2.45) is 0 Å². The maximum Gasteiger partial charge on any atom is 0.341 e. The van der Waals surface area contributed by atoms with Crippen LogP contribution in [0.4, 0.5) is 10.7 Å². The van der Waals surface area contributed by atoms with Gasteiger partial charge in [0.15, 0.2) is 0 Å². The molecule has 4 rings (SSSR count). The highest BCUT2D eigenvalue weighted by atomic mass is 32.2. The topological polar surface area (TPSA) is 105 Å². The van der Waals surface area contributed by atoms with Crippen LogP contribution in [0.2, 0.25) is 0 Å². The first-order valence-electron chi connectivity index (χ1n) is 12.2. The fourth-order valence-corrected chi connectivity index (χ4v) is 6.58.